The number of aromatic nitrogens is 4. The number of rotatable bonds is 7. The van der Waals surface area contributed by atoms with Crippen LogP contribution in [0.3, 0.4) is 0 Å². The van der Waals surface area contributed by atoms with Gasteiger partial charge in [-0.25, -0.2) is 4.98 Å². The highest BCUT2D eigenvalue weighted by molar-refractivity contribution is 7.99. The number of hydrogen-bond donors (Lipinski definition) is 1. The number of anilines is 1. The van der Waals surface area contributed by atoms with Crippen molar-refractivity contribution in [3.8, 4) is 0 Å². The van der Waals surface area contributed by atoms with Gasteiger partial charge in [-0.1, -0.05) is 30.0 Å². The fraction of sp³-hybridized carbons (Fsp3) is 0.136. The number of fused-ring (bicyclic) bond motifs is 2. The minimum absolute atomic E-state index is 0.143. The smallest absolute Gasteiger partial charge is 0.277 e. The van der Waals surface area contributed by atoms with Gasteiger partial charge in [0.2, 0.25) is 11.8 Å². The van der Waals surface area contributed by atoms with Gasteiger partial charge in [-0.3, -0.25) is 9.78 Å². The van der Waals surface area contributed by atoms with Gasteiger partial charge in [0.1, 0.15) is 0 Å². The Morgan fingerprint density at radius 1 is 1.00 bits per heavy atom. The molecule has 5 rings (SSSR count). The molecule has 0 saturated carbocycles. The van der Waals surface area contributed by atoms with Crippen molar-refractivity contribution in [2.75, 3.05) is 11.1 Å². The van der Waals surface area contributed by atoms with Crippen molar-refractivity contribution in [1.29, 1.82) is 0 Å². The number of benzene rings is 2. The van der Waals surface area contributed by atoms with Crippen molar-refractivity contribution in [1.82, 2.24) is 20.2 Å². The predicted molar refractivity (Wildman–Crippen MR) is 122 cm³/mol. The molecule has 31 heavy (non-hydrogen) atoms. The number of hydrogen-bond acceptors (Lipinski definition) is 8. The quantitative estimate of drug-likeness (QED) is 0.360. The van der Waals surface area contributed by atoms with Gasteiger partial charge in [0.15, 0.2) is 0 Å². The summed E-state index contributed by atoms with van der Waals surface area (Å²) in [5, 5.41) is 13.4. The lowest BCUT2D eigenvalue weighted by Gasteiger charge is -2.07. The maximum absolute atomic E-state index is 12.4. The molecular weight excluding hydrogens is 430 g/mol. The molecule has 0 saturated heterocycles. The van der Waals surface area contributed by atoms with Crippen LogP contribution in [-0.2, 0) is 17.6 Å². The average Bonchev–Trinajstić information content (AvgIpc) is 3.43. The fourth-order valence-corrected chi connectivity index (χ4v) is 4.71. The number of nitrogens with one attached hydrogen (secondary N) is 1. The molecule has 0 fully saturated rings. The molecule has 0 unspecified atom stereocenters. The first kappa shape index (κ1) is 19.7. The lowest BCUT2D eigenvalue weighted by Crippen LogP contribution is -2.14. The van der Waals surface area contributed by atoms with Crippen LogP contribution in [0.25, 0.3) is 21.1 Å². The average molecular weight is 448 g/mol. The Balaban J connectivity index is 1.15. The zero-order valence-corrected chi connectivity index (χ0v) is 17.9. The van der Waals surface area contributed by atoms with E-state index in [0.717, 1.165) is 33.5 Å². The normalized spacial score (nSPS) is 11.2. The fourth-order valence-electron chi connectivity index (χ4n) is 3.16. The highest BCUT2D eigenvalue weighted by Gasteiger charge is 2.12. The van der Waals surface area contributed by atoms with E-state index in [2.05, 4.69) is 31.5 Å². The van der Waals surface area contributed by atoms with Crippen LogP contribution in [0.4, 0.5) is 5.69 Å². The number of nitrogens with zero attached hydrogens (tertiary/aromatic N) is 4. The van der Waals surface area contributed by atoms with Gasteiger partial charge >= 0.3 is 0 Å². The van der Waals surface area contributed by atoms with Gasteiger partial charge in [-0.15, -0.1) is 21.5 Å². The minimum Gasteiger partial charge on any atom is -0.416 e. The summed E-state index contributed by atoms with van der Waals surface area (Å²) in [5.74, 6) is 0.578. The molecule has 0 bridgehead atoms. The molecule has 0 radical (unpaired) electrons. The predicted octanol–water partition coefficient (Wildman–Crippen LogP) is 4.74. The van der Waals surface area contributed by atoms with E-state index >= 15 is 0 Å². The highest BCUT2D eigenvalue weighted by Crippen LogP contribution is 2.24. The Morgan fingerprint density at radius 2 is 1.90 bits per heavy atom. The summed E-state index contributed by atoms with van der Waals surface area (Å²) in [4.78, 5) is 21.3. The molecule has 0 aliphatic carbocycles. The second kappa shape index (κ2) is 8.83. The molecule has 3 heterocycles. The van der Waals surface area contributed by atoms with Crippen LogP contribution in [0, 0.1) is 0 Å². The largest absolute Gasteiger partial charge is 0.416 e. The molecular formula is C22H17N5O2S2. The van der Waals surface area contributed by atoms with Crippen molar-refractivity contribution in [3.05, 3.63) is 71.7 Å². The Morgan fingerprint density at radius 3 is 2.84 bits per heavy atom. The first-order valence-corrected chi connectivity index (χ1v) is 11.5. The second-order valence-electron chi connectivity index (χ2n) is 6.75. The number of amides is 1. The van der Waals surface area contributed by atoms with Gasteiger partial charge in [0.25, 0.3) is 5.22 Å². The number of thiazole rings is 1. The van der Waals surface area contributed by atoms with Crippen LogP contribution in [-0.4, -0.2) is 31.8 Å². The van der Waals surface area contributed by atoms with Gasteiger partial charge < -0.3 is 9.73 Å². The molecule has 9 heteroatoms. The SMILES string of the molecule is O=C(CSc1nnc(CCc2nc3ccccc3s2)o1)Nc1cccc2ncccc12. The topological polar surface area (TPSA) is 93.8 Å². The number of aryl methyl sites for hydroxylation is 2. The highest BCUT2D eigenvalue weighted by atomic mass is 32.2. The molecule has 0 aliphatic heterocycles. The molecule has 0 spiro atoms. The Labute approximate surface area is 185 Å². The first-order valence-electron chi connectivity index (χ1n) is 9.68. The first-order chi connectivity index (χ1) is 15.2. The molecule has 1 amide bonds. The maximum Gasteiger partial charge on any atom is 0.277 e. The van der Waals surface area contributed by atoms with Crippen LogP contribution >= 0.6 is 23.1 Å². The number of carbonyl (C=O) groups is 1. The van der Waals surface area contributed by atoms with E-state index in [1.54, 1.807) is 17.5 Å². The number of para-hydroxylation sites is 1. The molecule has 5 aromatic rings. The van der Waals surface area contributed by atoms with E-state index in [0.29, 0.717) is 17.5 Å². The number of thioether (sulfide) groups is 1. The van der Waals surface area contributed by atoms with E-state index in [-0.39, 0.29) is 11.7 Å². The van der Waals surface area contributed by atoms with E-state index in [1.807, 2.05) is 48.5 Å². The zero-order chi connectivity index (χ0) is 21.0. The summed E-state index contributed by atoms with van der Waals surface area (Å²) in [7, 11) is 0. The molecule has 2 aromatic carbocycles. The Hall–Kier alpha value is -3.30. The van der Waals surface area contributed by atoms with E-state index < -0.39 is 0 Å². The van der Waals surface area contributed by atoms with Crippen LogP contribution in [0.1, 0.15) is 10.9 Å². The third-order valence-electron chi connectivity index (χ3n) is 4.59. The third kappa shape index (κ3) is 4.57. The van der Waals surface area contributed by atoms with E-state index in [9.17, 15) is 4.79 Å². The number of carbonyl (C=O) groups excluding carboxylic acids is 1. The zero-order valence-electron chi connectivity index (χ0n) is 16.3. The number of pyridine rings is 1. The summed E-state index contributed by atoms with van der Waals surface area (Å²) in [5.41, 5.74) is 2.58. The van der Waals surface area contributed by atoms with Gasteiger partial charge in [-0.2, -0.15) is 0 Å². The molecule has 1 N–H and O–H groups in total. The van der Waals surface area contributed by atoms with Crippen molar-refractivity contribution in [2.45, 2.75) is 18.1 Å². The van der Waals surface area contributed by atoms with Crippen molar-refractivity contribution < 1.29 is 9.21 Å². The Kier molecular flexibility index (Phi) is 5.59. The molecule has 7 nitrogen and oxygen atoms in total. The minimum atomic E-state index is -0.143. The lowest BCUT2D eigenvalue weighted by atomic mass is 10.2. The summed E-state index contributed by atoms with van der Waals surface area (Å²) in [6.45, 7) is 0. The summed E-state index contributed by atoms with van der Waals surface area (Å²) in [6.07, 6.45) is 3.08. The molecule has 3 aromatic heterocycles. The van der Waals surface area contributed by atoms with Crippen molar-refractivity contribution >= 4 is 55.8 Å². The second-order valence-corrected chi connectivity index (χ2v) is 8.79. The molecule has 0 atom stereocenters. The van der Waals surface area contributed by atoms with Crippen LogP contribution in [0.2, 0.25) is 0 Å². The monoisotopic (exact) mass is 447 g/mol. The molecule has 0 aliphatic rings. The maximum atomic E-state index is 12.4. The van der Waals surface area contributed by atoms with Crippen molar-refractivity contribution in [3.63, 3.8) is 0 Å². The lowest BCUT2D eigenvalue weighted by molar-refractivity contribution is -0.113. The standard InChI is InChI=1S/C22H17N5O2S2/c28-19(24-16-8-3-7-15-14(16)5-4-12-23-15)13-30-22-27-26-20(29-22)10-11-21-25-17-6-1-2-9-18(17)31-21/h1-9,12H,10-11,13H2,(H,24,28). The van der Waals surface area contributed by atoms with Crippen LogP contribution < -0.4 is 5.32 Å². The third-order valence-corrected chi connectivity index (χ3v) is 6.50. The van der Waals surface area contributed by atoms with Gasteiger partial charge in [0, 0.05) is 24.4 Å². The summed E-state index contributed by atoms with van der Waals surface area (Å²) < 4.78 is 6.85. The van der Waals surface area contributed by atoms with Crippen molar-refractivity contribution in [2.24, 2.45) is 0 Å². The van der Waals surface area contributed by atoms with Crippen LogP contribution in [0.5, 0.6) is 0 Å². The summed E-state index contributed by atoms with van der Waals surface area (Å²) >= 11 is 2.89. The summed E-state index contributed by atoms with van der Waals surface area (Å²) in [6, 6.07) is 17.5. The Bertz CT molecular complexity index is 1330. The molecule has 154 valence electrons. The van der Waals surface area contributed by atoms with E-state index in [4.69, 9.17) is 4.42 Å². The van der Waals surface area contributed by atoms with Gasteiger partial charge in [0.05, 0.1) is 32.2 Å². The van der Waals surface area contributed by atoms with Gasteiger partial charge in [-0.05, 0) is 36.4 Å². The van der Waals surface area contributed by atoms with Crippen LogP contribution in [0.15, 0.2) is 70.4 Å². The van der Waals surface area contributed by atoms with E-state index in [1.165, 1.54) is 16.5 Å².